The maximum absolute atomic E-state index is 4.30. The van der Waals surface area contributed by atoms with Crippen LogP contribution in [0.4, 0.5) is 5.82 Å². The van der Waals surface area contributed by atoms with Crippen LogP contribution < -0.4 is 5.32 Å². The van der Waals surface area contributed by atoms with Crippen molar-refractivity contribution in [3.8, 4) is 0 Å². The fourth-order valence-electron chi connectivity index (χ4n) is 1.99. The highest BCUT2D eigenvalue weighted by Crippen LogP contribution is 2.31. The molecule has 6 heteroatoms. The largest absolute Gasteiger partial charge is 0.365 e. The molecule has 2 aromatic heterocycles. The third-order valence-corrected chi connectivity index (χ3v) is 3.35. The fraction of sp³-hybridized carbons (Fsp3) is 0.636. The van der Waals surface area contributed by atoms with E-state index in [4.69, 9.17) is 0 Å². The smallest absolute Gasteiger partial charge is 0.183 e. The molecule has 0 aromatic carbocycles. The maximum atomic E-state index is 4.30. The molecular weight excluding hydrogens is 216 g/mol. The van der Waals surface area contributed by atoms with E-state index in [1.54, 1.807) is 6.33 Å². The molecule has 0 saturated heterocycles. The Morgan fingerprint density at radius 2 is 2.12 bits per heavy atom. The Morgan fingerprint density at radius 3 is 2.88 bits per heavy atom. The maximum Gasteiger partial charge on any atom is 0.183 e. The molecule has 17 heavy (non-hydrogen) atoms. The summed E-state index contributed by atoms with van der Waals surface area (Å²) in [6.07, 6.45) is 6.66. The van der Waals surface area contributed by atoms with E-state index < -0.39 is 0 Å². The van der Waals surface area contributed by atoms with Gasteiger partial charge in [-0.1, -0.05) is 5.21 Å². The van der Waals surface area contributed by atoms with Crippen LogP contribution in [0.5, 0.6) is 0 Å². The summed E-state index contributed by atoms with van der Waals surface area (Å²) in [6.45, 7) is 0.941. The Labute approximate surface area is 98.4 Å². The van der Waals surface area contributed by atoms with Gasteiger partial charge in [-0.2, -0.15) is 0 Å². The molecule has 1 N–H and O–H groups in total. The highest BCUT2D eigenvalue weighted by Gasteiger charge is 2.26. The lowest BCUT2D eigenvalue weighted by Gasteiger charge is -2.03. The molecule has 6 nitrogen and oxygen atoms in total. The summed E-state index contributed by atoms with van der Waals surface area (Å²) in [6, 6.07) is 0.571. The summed E-state index contributed by atoms with van der Waals surface area (Å²) in [4.78, 5) is 8.55. The van der Waals surface area contributed by atoms with Crippen molar-refractivity contribution in [1.82, 2.24) is 25.0 Å². The first-order chi connectivity index (χ1) is 8.40. The second kappa shape index (κ2) is 3.38. The van der Waals surface area contributed by atoms with Gasteiger partial charge in [-0.05, 0) is 31.6 Å². The number of nitrogens with zero attached hydrogens (tertiary/aromatic N) is 5. The molecule has 0 atom stereocenters. The van der Waals surface area contributed by atoms with Gasteiger partial charge in [0.1, 0.15) is 6.33 Å². The minimum absolute atomic E-state index is 0.571. The summed E-state index contributed by atoms with van der Waals surface area (Å²) >= 11 is 0. The van der Waals surface area contributed by atoms with Crippen molar-refractivity contribution in [3.05, 3.63) is 6.33 Å². The van der Waals surface area contributed by atoms with Gasteiger partial charge in [0.05, 0.1) is 0 Å². The van der Waals surface area contributed by atoms with Gasteiger partial charge >= 0.3 is 0 Å². The van der Waals surface area contributed by atoms with E-state index in [9.17, 15) is 0 Å². The standard InChI is InChI=1S/C11H14N6/c1-2-7(1)5-17-11-9(15-16-17)10(12-6-13-11)14-8-3-4-8/h6-8H,1-5H2,(H,12,13,14). The average Bonchev–Trinajstić information content (AvgIpc) is 3.22. The van der Waals surface area contributed by atoms with Gasteiger partial charge in [0.15, 0.2) is 17.0 Å². The van der Waals surface area contributed by atoms with Crippen molar-refractivity contribution in [2.45, 2.75) is 38.3 Å². The number of hydrogen-bond acceptors (Lipinski definition) is 5. The van der Waals surface area contributed by atoms with E-state index in [-0.39, 0.29) is 0 Å². The van der Waals surface area contributed by atoms with Crippen LogP contribution in [0.2, 0.25) is 0 Å². The Kier molecular flexibility index (Phi) is 1.86. The van der Waals surface area contributed by atoms with Crippen LogP contribution in [0.25, 0.3) is 11.2 Å². The summed E-state index contributed by atoms with van der Waals surface area (Å²) in [7, 11) is 0. The minimum Gasteiger partial charge on any atom is -0.365 e. The van der Waals surface area contributed by atoms with Crippen LogP contribution in [-0.4, -0.2) is 31.0 Å². The van der Waals surface area contributed by atoms with E-state index in [1.165, 1.54) is 25.7 Å². The van der Waals surface area contributed by atoms with Crippen molar-refractivity contribution < 1.29 is 0 Å². The number of hydrogen-bond donors (Lipinski definition) is 1. The van der Waals surface area contributed by atoms with Crippen molar-refractivity contribution in [3.63, 3.8) is 0 Å². The van der Waals surface area contributed by atoms with Crippen molar-refractivity contribution in [1.29, 1.82) is 0 Å². The zero-order chi connectivity index (χ0) is 11.2. The molecular formula is C11H14N6. The second-order valence-corrected chi connectivity index (χ2v) is 5.03. The topological polar surface area (TPSA) is 68.5 Å². The molecule has 2 aliphatic carbocycles. The number of rotatable bonds is 4. The molecule has 0 bridgehead atoms. The molecule has 2 heterocycles. The first-order valence-electron chi connectivity index (χ1n) is 6.21. The van der Waals surface area contributed by atoms with E-state index in [2.05, 4.69) is 25.6 Å². The van der Waals surface area contributed by atoms with Crippen LogP contribution in [0.3, 0.4) is 0 Å². The van der Waals surface area contributed by atoms with Gasteiger partial charge in [0, 0.05) is 12.6 Å². The molecule has 0 aliphatic heterocycles. The van der Waals surface area contributed by atoms with Gasteiger partial charge in [-0.3, -0.25) is 0 Å². The van der Waals surface area contributed by atoms with E-state index in [0.29, 0.717) is 6.04 Å². The molecule has 88 valence electrons. The first-order valence-corrected chi connectivity index (χ1v) is 6.21. The lowest BCUT2D eigenvalue weighted by Crippen LogP contribution is -2.05. The molecule has 0 amide bonds. The molecule has 2 fully saturated rings. The lowest BCUT2D eigenvalue weighted by molar-refractivity contribution is 0.555. The molecule has 0 radical (unpaired) electrons. The predicted molar refractivity (Wildman–Crippen MR) is 62.5 cm³/mol. The molecule has 0 spiro atoms. The van der Waals surface area contributed by atoms with Gasteiger partial charge < -0.3 is 5.32 Å². The van der Waals surface area contributed by atoms with Crippen LogP contribution in [0.15, 0.2) is 6.33 Å². The molecule has 2 aliphatic rings. The summed E-state index contributed by atoms with van der Waals surface area (Å²) in [5.41, 5.74) is 1.66. The van der Waals surface area contributed by atoms with E-state index in [0.717, 1.165) is 29.4 Å². The van der Waals surface area contributed by atoms with Crippen LogP contribution >= 0.6 is 0 Å². The Balaban J connectivity index is 1.72. The lowest BCUT2D eigenvalue weighted by atomic mass is 10.4. The minimum atomic E-state index is 0.571. The molecule has 4 rings (SSSR count). The average molecular weight is 230 g/mol. The molecule has 2 saturated carbocycles. The quantitative estimate of drug-likeness (QED) is 0.854. The Hall–Kier alpha value is -1.72. The highest BCUT2D eigenvalue weighted by atomic mass is 15.4. The number of nitrogens with one attached hydrogen (secondary N) is 1. The van der Waals surface area contributed by atoms with Crippen LogP contribution in [0, 0.1) is 5.92 Å². The fourth-order valence-corrected chi connectivity index (χ4v) is 1.99. The van der Waals surface area contributed by atoms with Crippen molar-refractivity contribution in [2.24, 2.45) is 5.92 Å². The Morgan fingerprint density at radius 1 is 1.24 bits per heavy atom. The monoisotopic (exact) mass is 230 g/mol. The second-order valence-electron chi connectivity index (χ2n) is 5.03. The summed E-state index contributed by atoms with van der Waals surface area (Å²) in [5.74, 6) is 1.61. The zero-order valence-electron chi connectivity index (χ0n) is 9.50. The zero-order valence-corrected chi connectivity index (χ0v) is 9.50. The van der Waals surface area contributed by atoms with Gasteiger partial charge in [-0.15, -0.1) is 5.10 Å². The van der Waals surface area contributed by atoms with Crippen LogP contribution in [-0.2, 0) is 6.54 Å². The normalized spacial score (nSPS) is 19.8. The van der Waals surface area contributed by atoms with Crippen LogP contribution in [0.1, 0.15) is 25.7 Å². The van der Waals surface area contributed by atoms with Gasteiger partial charge in [-0.25, -0.2) is 14.6 Å². The third-order valence-electron chi connectivity index (χ3n) is 3.35. The van der Waals surface area contributed by atoms with Gasteiger partial charge in [0.25, 0.3) is 0 Å². The van der Waals surface area contributed by atoms with E-state index in [1.807, 2.05) is 4.68 Å². The number of fused-ring (bicyclic) bond motifs is 1. The highest BCUT2D eigenvalue weighted by molar-refractivity contribution is 5.82. The number of anilines is 1. The molecule has 0 unspecified atom stereocenters. The Bertz CT molecular complexity index is 554. The molecule has 2 aromatic rings. The third kappa shape index (κ3) is 1.73. The van der Waals surface area contributed by atoms with Crippen molar-refractivity contribution in [2.75, 3.05) is 5.32 Å². The van der Waals surface area contributed by atoms with Crippen molar-refractivity contribution >= 4 is 17.0 Å². The summed E-state index contributed by atoms with van der Waals surface area (Å²) < 4.78 is 1.91. The number of aromatic nitrogens is 5. The summed E-state index contributed by atoms with van der Waals surface area (Å²) in [5, 5.41) is 11.8. The van der Waals surface area contributed by atoms with Gasteiger partial charge in [0.2, 0.25) is 0 Å². The SMILES string of the molecule is c1nc(NC2CC2)c2nnn(CC3CC3)c2n1. The predicted octanol–water partition coefficient (Wildman–Crippen LogP) is 1.21. The first kappa shape index (κ1) is 9.32. The van der Waals surface area contributed by atoms with E-state index >= 15 is 0 Å².